The fourth-order valence-electron chi connectivity index (χ4n) is 2.53. The Morgan fingerprint density at radius 2 is 2.04 bits per heavy atom. The van der Waals surface area contributed by atoms with Gasteiger partial charge in [-0.15, -0.1) is 12.4 Å². The third kappa shape index (κ3) is 6.58. The summed E-state index contributed by atoms with van der Waals surface area (Å²) in [5, 5.41) is 19.4. The average molecular weight is 386 g/mol. The van der Waals surface area contributed by atoms with E-state index in [1.54, 1.807) is 6.92 Å². The Kier molecular flexibility index (Phi) is 8.97. The van der Waals surface area contributed by atoms with Crippen LogP contribution >= 0.6 is 12.4 Å². The molecule has 1 aliphatic heterocycles. The Morgan fingerprint density at radius 1 is 1.35 bits per heavy atom. The standard InChI is InChI=1S/C16H23N5O4.ClH/c1-12(15(22)18-7-10-20-8-5-17-6-9-20)19-16(23)13-3-2-4-14(11-13)21(24)25;/h2-4,11-12,17H,5-10H2,1H3,(H,18,22)(H,19,23);1H. The van der Waals surface area contributed by atoms with Gasteiger partial charge in [0.25, 0.3) is 11.6 Å². The summed E-state index contributed by atoms with van der Waals surface area (Å²) in [6.45, 7) is 6.65. The lowest BCUT2D eigenvalue weighted by Gasteiger charge is -2.27. The number of hydrogen-bond donors (Lipinski definition) is 3. The molecule has 0 spiro atoms. The van der Waals surface area contributed by atoms with Crippen LogP contribution in [0.15, 0.2) is 24.3 Å². The topological polar surface area (TPSA) is 117 Å². The third-order valence-electron chi connectivity index (χ3n) is 4.00. The number of nitro groups is 1. The lowest BCUT2D eigenvalue weighted by molar-refractivity contribution is -0.384. The van der Waals surface area contributed by atoms with E-state index in [2.05, 4.69) is 20.9 Å². The van der Waals surface area contributed by atoms with Crippen molar-refractivity contribution in [3.8, 4) is 0 Å². The number of hydrogen-bond acceptors (Lipinski definition) is 6. The number of halogens is 1. The van der Waals surface area contributed by atoms with Crippen molar-refractivity contribution in [1.29, 1.82) is 0 Å². The maximum absolute atomic E-state index is 12.1. The van der Waals surface area contributed by atoms with Gasteiger partial charge in [-0.25, -0.2) is 0 Å². The molecule has 0 aromatic heterocycles. The SMILES string of the molecule is CC(NC(=O)c1cccc([N+](=O)[O-])c1)C(=O)NCCN1CCNCC1.Cl. The maximum atomic E-state index is 12.1. The molecular weight excluding hydrogens is 362 g/mol. The largest absolute Gasteiger partial charge is 0.353 e. The summed E-state index contributed by atoms with van der Waals surface area (Å²) in [4.78, 5) is 36.6. The molecule has 2 rings (SSSR count). The number of carbonyl (C=O) groups is 2. The van der Waals surface area contributed by atoms with E-state index in [1.165, 1.54) is 24.3 Å². The third-order valence-corrected chi connectivity index (χ3v) is 4.00. The molecule has 10 heteroatoms. The van der Waals surface area contributed by atoms with Gasteiger partial charge in [0.05, 0.1) is 4.92 Å². The van der Waals surface area contributed by atoms with Crippen molar-refractivity contribution in [3.05, 3.63) is 39.9 Å². The van der Waals surface area contributed by atoms with E-state index in [1.807, 2.05) is 0 Å². The first-order valence-corrected chi connectivity index (χ1v) is 8.23. The van der Waals surface area contributed by atoms with Crippen LogP contribution in [-0.2, 0) is 4.79 Å². The highest BCUT2D eigenvalue weighted by Gasteiger charge is 2.18. The van der Waals surface area contributed by atoms with Crippen LogP contribution < -0.4 is 16.0 Å². The van der Waals surface area contributed by atoms with Crippen LogP contribution in [-0.4, -0.2) is 66.9 Å². The minimum Gasteiger partial charge on any atom is -0.353 e. The molecule has 0 saturated carbocycles. The molecule has 1 atom stereocenters. The van der Waals surface area contributed by atoms with Crippen molar-refractivity contribution in [3.63, 3.8) is 0 Å². The van der Waals surface area contributed by atoms with Gasteiger partial charge in [-0.05, 0) is 13.0 Å². The van der Waals surface area contributed by atoms with Crippen LogP contribution in [0.4, 0.5) is 5.69 Å². The van der Waals surface area contributed by atoms with E-state index in [0.717, 1.165) is 32.7 Å². The lowest BCUT2D eigenvalue weighted by atomic mass is 10.1. The van der Waals surface area contributed by atoms with Crippen LogP contribution in [0.3, 0.4) is 0 Å². The number of carbonyl (C=O) groups excluding carboxylic acids is 2. The Labute approximate surface area is 158 Å². The zero-order valence-electron chi connectivity index (χ0n) is 14.6. The van der Waals surface area contributed by atoms with E-state index in [9.17, 15) is 19.7 Å². The van der Waals surface area contributed by atoms with Gasteiger partial charge < -0.3 is 16.0 Å². The van der Waals surface area contributed by atoms with E-state index < -0.39 is 16.9 Å². The van der Waals surface area contributed by atoms with Crippen molar-refractivity contribution < 1.29 is 14.5 Å². The number of non-ortho nitro benzene ring substituents is 1. The Hall–Kier alpha value is -2.23. The molecule has 1 saturated heterocycles. The molecule has 1 aromatic rings. The van der Waals surface area contributed by atoms with Gasteiger partial charge in [0.15, 0.2) is 0 Å². The molecule has 1 unspecified atom stereocenters. The van der Waals surface area contributed by atoms with Crippen LogP contribution in [0.25, 0.3) is 0 Å². The van der Waals surface area contributed by atoms with Gasteiger partial charge in [0.2, 0.25) is 5.91 Å². The number of nitro benzene ring substituents is 1. The first-order valence-electron chi connectivity index (χ1n) is 8.23. The summed E-state index contributed by atoms with van der Waals surface area (Å²) in [7, 11) is 0. The van der Waals surface area contributed by atoms with Gasteiger partial charge in [0, 0.05) is 57.0 Å². The first kappa shape index (κ1) is 21.8. The van der Waals surface area contributed by atoms with E-state index in [4.69, 9.17) is 0 Å². The predicted molar refractivity (Wildman–Crippen MR) is 99.6 cm³/mol. The number of amides is 2. The van der Waals surface area contributed by atoms with Crippen LogP contribution in [0, 0.1) is 10.1 Å². The monoisotopic (exact) mass is 385 g/mol. The molecule has 9 nitrogen and oxygen atoms in total. The summed E-state index contributed by atoms with van der Waals surface area (Å²) in [6, 6.07) is 4.67. The second-order valence-electron chi connectivity index (χ2n) is 5.89. The number of benzene rings is 1. The highest BCUT2D eigenvalue weighted by atomic mass is 35.5. The molecule has 1 heterocycles. The summed E-state index contributed by atoms with van der Waals surface area (Å²) in [5.74, 6) is -0.803. The van der Waals surface area contributed by atoms with Crippen LogP contribution in [0.5, 0.6) is 0 Å². The number of piperazine rings is 1. The molecule has 0 radical (unpaired) electrons. The minimum absolute atomic E-state index is 0. The van der Waals surface area contributed by atoms with Crippen LogP contribution in [0.1, 0.15) is 17.3 Å². The summed E-state index contributed by atoms with van der Waals surface area (Å²) >= 11 is 0. The van der Waals surface area contributed by atoms with E-state index in [0.29, 0.717) is 6.54 Å². The highest BCUT2D eigenvalue weighted by Crippen LogP contribution is 2.13. The Morgan fingerprint density at radius 3 is 2.69 bits per heavy atom. The molecule has 2 amide bonds. The molecule has 26 heavy (non-hydrogen) atoms. The van der Waals surface area contributed by atoms with Gasteiger partial charge in [-0.1, -0.05) is 6.07 Å². The highest BCUT2D eigenvalue weighted by molar-refractivity contribution is 5.97. The lowest BCUT2D eigenvalue weighted by Crippen LogP contribution is -2.49. The summed E-state index contributed by atoms with van der Waals surface area (Å²) < 4.78 is 0. The van der Waals surface area contributed by atoms with Gasteiger partial charge in [-0.3, -0.25) is 24.6 Å². The van der Waals surface area contributed by atoms with Crippen molar-refractivity contribution >= 4 is 29.9 Å². The maximum Gasteiger partial charge on any atom is 0.270 e. The second-order valence-corrected chi connectivity index (χ2v) is 5.89. The zero-order valence-corrected chi connectivity index (χ0v) is 15.4. The predicted octanol–water partition coefficient (Wildman–Crippen LogP) is 0.156. The molecule has 1 aliphatic rings. The fraction of sp³-hybridized carbons (Fsp3) is 0.500. The van der Waals surface area contributed by atoms with E-state index in [-0.39, 0.29) is 29.6 Å². The molecule has 3 N–H and O–H groups in total. The zero-order chi connectivity index (χ0) is 18.2. The molecule has 144 valence electrons. The van der Waals surface area contributed by atoms with Crippen molar-refractivity contribution in [2.24, 2.45) is 0 Å². The average Bonchev–Trinajstić information content (AvgIpc) is 2.62. The fourth-order valence-corrected chi connectivity index (χ4v) is 2.53. The molecule has 0 bridgehead atoms. The minimum atomic E-state index is -0.727. The smallest absolute Gasteiger partial charge is 0.270 e. The molecule has 1 aromatic carbocycles. The molecule has 0 aliphatic carbocycles. The summed E-state index contributed by atoms with van der Waals surface area (Å²) in [5.41, 5.74) is -0.0181. The molecular formula is C16H24ClN5O4. The van der Waals surface area contributed by atoms with Gasteiger partial charge in [-0.2, -0.15) is 0 Å². The van der Waals surface area contributed by atoms with Crippen molar-refractivity contribution in [2.45, 2.75) is 13.0 Å². The summed E-state index contributed by atoms with van der Waals surface area (Å²) in [6.07, 6.45) is 0. The number of nitrogens with zero attached hydrogens (tertiary/aromatic N) is 2. The van der Waals surface area contributed by atoms with Gasteiger partial charge in [0.1, 0.15) is 6.04 Å². The van der Waals surface area contributed by atoms with E-state index >= 15 is 0 Å². The normalized spacial score (nSPS) is 15.4. The number of nitrogens with one attached hydrogen (secondary N) is 3. The Bertz CT molecular complexity index is 637. The second kappa shape index (κ2) is 10.7. The van der Waals surface area contributed by atoms with Crippen molar-refractivity contribution in [1.82, 2.24) is 20.9 Å². The number of rotatable bonds is 7. The quantitative estimate of drug-likeness (QED) is 0.454. The van der Waals surface area contributed by atoms with Crippen molar-refractivity contribution in [2.75, 3.05) is 39.3 Å². The van der Waals surface area contributed by atoms with Crippen LogP contribution in [0.2, 0.25) is 0 Å². The van der Waals surface area contributed by atoms with Gasteiger partial charge >= 0.3 is 0 Å². The first-order chi connectivity index (χ1) is 12.0. The Balaban J connectivity index is 0.00000338. The molecule has 1 fully saturated rings.